The first-order chi connectivity index (χ1) is 9.44. The number of hydrogen-bond donors (Lipinski definition) is 2. The van der Waals surface area contributed by atoms with E-state index in [1.165, 1.54) is 29.5 Å². The van der Waals surface area contributed by atoms with Crippen LogP contribution in [0.25, 0.3) is 0 Å². The van der Waals surface area contributed by atoms with Crippen molar-refractivity contribution in [3.63, 3.8) is 0 Å². The molecule has 0 aliphatic carbocycles. The van der Waals surface area contributed by atoms with Crippen LogP contribution < -0.4 is 10.6 Å². The number of carbonyl (C=O) groups is 2. The number of carbonyl (C=O) groups excluding carboxylic acids is 2. The second-order valence-corrected chi connectivity index (χ2v) is 5.75. The molecule has 0 fully saturated rings. The van der Waals surface area contributed by atoms with E-state index in [1.807, 2.05) is 0 Å². The third kappa shape index (κ3) is 3.89. The minimum Gasteiger partial charge on any atom is -0.318 e. The average molecular weight is 331 g/mol. The molecule has 1 heterocycles. The zero-order valence-electron chi connectivity index (χ0n) is 10.1. The molecule has 0 spiro atoms. The van der Waals surface area contributed by atoms with Crippen molar-refractivity contribution in [3.05, 3.63) is 33.3 Å². The van der Waals surface area contributed by atoms with Gasteiger partial charge in [-0.1, -0.05) is 34.5 Å². The number of aromatic nitrogens is 2. The van der Waals surface area contributed by atoms with E-state index in [9.17, 15) is 9.59 Å². The molecule has 1 aromatic carbocycles. The lowest BCUT2D eigenvalue weighted by molar-refractivity contribution is -0.133. The van der Waals surface area contributed by atoms with E-state index in [-0.39, 0.29) is 5.13 Å². The van der Waals surface area contributed by atoms with Gasteiger partial charge in [0.15, 0.2) is 0 Å². The van der Waals surface area contributed by atoms with Gasteiger partial charge in [0.1, 0.15) is 5.01 Å². The van der Waals surface area contributed by atoms with Crippen LogP contribution in [0.2, 0.25) is 10.0 Å². The fourth-order valence-electron chi connectivity index (χ4n) is 1.31. The summed E-state index contributed by atoms with van der Waals surface area (Å²) < 4.78 is 0. The second kappa shape index (κ2) is 6.17. The van der Waals surface area contributed by atoms with E-state index < -0.39 is 11.8 Å². The van der Waals surface area contributed by atoms with Crippen molar-refractivity contribution in [2.45, 2.75) is 6.92 Å². The molecular formula is C11H8Cl2N4O2S. The Morgan fingerprint density at radius 2 is 1.65 bits per heavy atom. The van der Waals surface area contributed by atoms with E-state index in [1.54, 1.807) is 6.92 Å². The zero-order valence-corrected chi connectivity index (χ0v) is 12.4. The molecule has 2 N–H and O–H groups in total. The third-order valence-electron chi connectivity index (χ3n) is 2.07. The number of anilines is 2. The van der Waals surface area contributed by atoms with Crippen LogP contribution in [0.5, 0.6) is 0 Å². The maximum absolute atomic E-state index is 11.7. The first-order valence-electron chi connectivity index (χ1n) is 5.32. The quantitative estimate of drug-likeness (QED) is 0.829. The summed E-state index contributed by atoms with van der Waals surface area (Å²) in [7, 11) is 0. The molecule has 104 valence electrons. The molecule has 0 bridgehead atoms. The van der Waals surface area contributed by atoms with Crippen LogP contribution in [0.1, 0.15) is 5.01 Å². The van der Waals surface area contributed by atoms with Crippen molar-refractivity contribution in [2.75, 3.05) is 10.6 Å². The molecule has 0 unspecified atom stereocenters. The predicted molar refractivity (Wildman–Crippen MR) is 78.4 cm³/mol. The second-order valence-electron chi connectivity index (χ2n) is 3.69. The van der Waals surface area contributed by atoms with Crippen LogP contribution in [0.4, 0.5) is 10.8 Å². The summed E-state index contributed by atoms with van der Waals surface area (Å²) in [5.41, 5.74) is 0.330. The molecule has 0 radical (unpaired) electrons. The standard InChI is InChI=1S/C11H8Cl2N4O2S/c1-5-16-17-11(20-5)15-10(19)9(18)14-8-3-6(12)2-7(13)4-8/h2-4H,1H3,(H,14,18)(H,15,17,19). The summed E-state index contributed by atoms with van der Waals surface area (Å²) in [4.78, 5) is 23.3. The van der Waals surface area contributed by atoms with E-state index in [2.05, 4.69) is 20.8 Å². The molecule has 0 saturated heterocycles. The smallest absolute Gasteiger partial charge is 0.315 e. The predicted octanol–water partition coefficient (Wildman–Crippen LogP) is 2.73. The Bertz CT molecular complexity index is 654. The molecule has 2 aromatic rings. The number of amides is 2. The molecule has 0 aliphatic rings. The monoisotopic (exact) mass is 330 g/mol. The highest BCUT2D eigenvalue weighted by Crippen LogP contribution is 2.22. The Morgan fingerprint density at radius 3 is 2.20 bits per heavy atom. The van der Waals surface area contributed by atoms with E-state index in [4.69, 9.17) is 23.2 Å². The van der Waals surface area contributed by atoms with Gasteiger partial charge in [0, 0.05) is 15.7 Å². The lowest BCUT2D eigenvalue weighted by atomic mass is 10.3. The van der Waals surface area contributed by atoms with Crippen LogP contribution >= 0.6 is 34.5 Å². The molecule has 2 rings (SSSR count). The number of nitrogens with zero attached hydrogens (tertiary/aromatic N) is 2. The lowest BCUT2D eigenvalue weighted by Crippen LogP contribution is -2.29. The highest BCUT2D eigenvalue weighted by molar-refractivity contribution is 7.15. The van der Waals surface area contributed by atoms with E-state index in [0.29, 0.717) is 20.7 Å². The van der Waals surface area contributed by atoms with E-state index in [0.717, 1.165) is 0 Å². The molecule has 1 aromatic heterocycles. The Balaban J connectivity index is 2.02. The van der Waals surface area contributed by atoms with Gasteiger partial charge in [0.2, 0.25) is 5.13 Å². The van der Waals surface area contributed by atoms with Crippen molar-refractivity contribution >= 4 is 57.2 Å². The summed E-state index contributed by atoms with van der Waals surface area (Å²) in [6, 6.07) is 4.48. The van der Waals surface area contributed by atoms with Gasteiger partial charge in [-0.25, -0.2) is 0 Å². The number of halogens is 2. The fraction of sp³-hybridized carbons (Fsp3) is 0.0909. The van der Waals surface area contributed by atoms with Crippen molar-refractivity contribution in [1.29, 1.82) is 0 Å². The summed E-state index contributed by atoms with van der Waals surface area (Å²) in [5.74, 6) is -1.70. The summed E-state index contributed by atoms with van der Waals surface area (Å²) in [6.45, 7) is 1.74. The molecule has 6 nitrogen and oxygen atoms in total. The van der Waals surface area contributed by atoms with Crippen LogP contribution in [-0.4, -0.2) is 22.0 Å². The van der Waals surface area contributed by atoms with Crippen LogP contribution in [-0.2, 0) is 9.59 Å². The highest BCUT2D eigenvalue weighted by atomic mass is 35.5. The fourth-order valence-corrected chi connectivity index (χ4v) is 2.43. The van der Waals surface area contributed by atoms with Gasteiger partial charge in [0.25, 0.3) is 0 Å². The number of rotatable bonds is 2. The Morgan fingerprint density at radius 1 is 1.05 bits per heavy atom. The molecule has 9 heteroatoms. The minimum atomic E-state index is -0.851. The van der Waals surface area contributed by atoms with Crippen molar-refractivity contribution in [2.24, 2.45) is 0 Å². The zero-order chi connectivity index (χ0) is 14.7. The molecule has 0 aliphatic heterocycles. The third-order valence-corrected chi connectivity index (χ3v) is 3.26. The summed E-state index contributed by atoms with van der Waals surface area (Å²) in [5, 5.41) is 13.8. The lowest BCUT2D eigenvalue weighted by Gasteiger charge is -2.05. The van der Waals surface area contributed by atoms with Gasteiger partial charge in [-0.15, -0.1) is 10.2 Å². The molecule has 20 heavy (non-hydrogen) atoms. The van der Waals surface area contributed by atoms with Crippen molar-refractivity contribution < 1.29 is 9.59 Å². The highest BCUT2D eigenvalue weighted by Gasteiger charge is 2.16. The van der Waals surface area contributed by atoms with Gasteiger partial charge in [0.05, 0.1) is 0 Å². The van der Waals surface area contributed by atoms with Gasteiger partial charge >= 0.3 is 11.8 Å². The molecule has 2 amide bonds. The Labute approximate surface area is 128 Å². The van der Waals surface area contributed by atoms with Gasteiger partial charge in [-0.05, 0) is 25.1 Å². The van der Waals surface area contributed by atoms with Crippen molar-refractivity contribution in [1.82, 2.24) is 10.2 Å². The van der Waals surface area contributed by atoms with Crippen LogP contribution in [0.3, 0.4) is 0 Å². The normalized spacial score (nSPS) is 10.2. The molecular weight excluding hydrogens is 323 g/mol. The first-order valence-corrected chi connectivity index (χ1v) is 6.90. The summed E-state index contributed by atoms with van der Waals surface area (Å²) >= 11 is 12.8. The maximum atomic E-state index is 11.7. The Kier molecular flexibility index (Phi) is 4.53. The summed E-state index contributed by atoms with van der Waals surface area (Å²) in [6.07, 6.45) is 0. The van der Waals surface area contributed by atoms with Gasteiger partial charge in [-0.2, -0.15) is 0 Å². The topological polar surface area (TPSA) is 84.0 Å². The molecule has 0 saturated carbocycles. The van der Waals surface area contributed by atoms with E-state index >= 15 is 0 Å². The van der Waals surface area contributed by atoms with Gasteiger partial charge < -0.3 is 5.32 Å². The Hall–Kier alpha value is -1.70. The number of aryl methyl sites for hydroxylation is 1. The number of benzene rings is 1. The number of nitrogens with one attached hydrogen (secondary N) is 2. The average Bonchev–Trinajstić information content (AvgIpc) is 2.73. The number of hydrogen-bond acceptors (Lipinski definition) is 5. The first kappa shape index (κ1) is 14.7. The molecule has 0 atom stereocenters. The van der Waals surface area contributed by atoms with Crippen LogP contribution in [0.15, 0.2) is 18.2 Å². The van der Waals surface area contributed by atoms with Crippen LogP contribution in [0, 0.1) is 6.92 Å². The van der Waals surface area contributed by atoms with Gasteiger partial charge in [-0.3, -0.25) is 14.9 Å². The maximum Gasteiger partial charge on any atom is 0.315 e. The largest absolute Gasteiger partial charge is 0.318 e. The SMILES string of the molecule is Cc1nnc(NC(=O)C(=O)Nc2cc(Cl)cc(Cl)c2)s1. The minimum absolute atomic E-state index is 0.256. The van der Waals surface area contributed by atoms with Crippen molar-refractivity contribution in [3.8, 4) is 0 Å².